The summed E-state index contributed by atoms with van der Waals surface area (Å²) in [5.41, 5.74) is -1.24. The summed E-state index contributed by atoms with van der Waals surface area (Å²) in [5.74, 6) is 0. The molecule has 9 nitrogen and oxygen atoms in total. The van der Waals surface area contributed by atoms with E-state index in [0.29, 0.717) is 12.0 Å². The fraction of sp³-hybridized carbons (Fsp3) is 0.448. The van der Waals surface area contributed by atoms with Gasteiger partial charge in [-0.1, -0.05) is 78.0 Å². The summed E-state index contributed by atoms with van der Waals surface area (Å²) in [7, 11) is -2.69. The van der Waals surface area contributed by atoms with Crippen LogP contribution in [0.4, 0.5) is 0 Å². The molecular weight excluding hydrogens is 516 g/mol. The van der Waals surface area contributed by atoms with Crippen LogP contribution in [0.25, 0.3) is 0 Å². The molecule has 210 valence electrons. The number of aryl methyl sites for hydroxylation is 1. The fourth-order valence-corrected chi connectivity index (χ4v) is 9.19. The molecule has 3 N–H and O–H groups in total. The number of aromatic nitrogens is 2. The highest BCUT2D eigenvalue weighted by molar-refractivity contribution is 6.86. The van der Waals surface area contributed by atoms with E-state index < -0.39 is 49.3 Å². The summed E-state index contributed by atoms with van der Waals surface area (Å²) >= 11 is 0. The molecule has 4 atom stereocenters. The van der Waals surface area contributed by atoms with Gasteiger partial charge in [-0.3, -0.25) is 14.3 Å². The molecule has 1 aliphatic heterocycles. The van der Waals surface area contributed by atoms with Gasteiger partial charge in [0.1, 0.15) is 18.3 Å². The monoisotopic (exact) mass is 554 g/mol. The fourth-order valence-electron chi connectivity index (χ4n) is 5.23. The van der Waals surface area contributed by atoms with Gasteiger partial charge in [-0.25, -0.2) is 4.79 Å². The predicted molar refractivity (Wildman–Crippen MR) is 151 cm³/mol. The summed E-state index contributed by atoms with van der Waals surface area (Å²) in [6, 6.07) is 19.5. The molecule has 1 aliphatic rings. The largest absolute Gasteiger partial charge is 0.394 e. The number of hydrogen-bond donors (Lipinski definition) is 3. The van der Waals surface area contributed by atoms with Crippen LogP contribution in [0.5, 0.6) is 0 Å². The molecule has 39 heavy (non-hydrogen) atoms. The highest BCUT2D eigenvalue weighted by atomic mass is 28.3. The number of ether oxygens (including phenoxy) is 3. The highest BCUT2D eigenvalue weighted by Gasteiger charge is 2.62. The summed E-state index contributed by atoms with van der Waals surface area (Å²) < 4.78 is 20.5. The van der Waals surface area contributed by atoms with Gasteiger partial charge in [0, 0.05) is 11.8 Å². The van der Waals surface area contributed by atoms with Crippen molar-refractivity contribution >= 4 is 19.2 Å². The predicted octanol–water partition coefficient (Wildman–Crippen LogP) is 0.285. The Morgan fingerprint density at radius 1 is 1.05 bits per heavy atom. The normalized spacial score (nSPS) is 23.4. The molecular formula is C29H38N2O7Si. The van der Waals surface area contributed by atoms with Crippen molar-refractivity contribution in [2.45, 2.75) is 63.4 Å². The maximum absolute atomic E-state index is 13.6. The number of aliphatic hydroxyl groups excluding tert-OH is 2. The topological polar surface area (TPSA) is 123 Å². The van der Waals surface area contributed by atoms with E-state index in [0.717, 1.165) is 10.4 Å². The number of aliphatic hydroxyl groups is 2. The van der Waals surface area contributed by atoms with Crippen LogP contribution in [0.2, 0.25) is 0 Å². The van der Waals surface area contributed by atoms with E-state index in [-0.39, 0.29) is 19.8 Å². The lowest BCUT2D eigenvalue weighted by Crippen LogP contribution is -2.69. The van der Waals surface area contributed by atoms with Crippen molar-refractivity contribution in [3.63, 3.8) is 0 Å². The van der Waals surface area contributed by atoms with Crippen LogP contribution in [0.1, 0.15) is 33.3 Å². The minimum Gasteiger partial charge on any atom is -0.394 e. The maximum Gasteiger partial charge on any atom is 0.330 e. The SMILES string of the molecule is CCc1cn([C@]2([SiH](c3ccccc3)c3ccccc3)O[C@H](COC(C)(C)C)[C@@H](O)[C@H]2OCCO)c(=O)[nH]c1=O. The van der Waals surface area contributed by atoms with E-state index >= 15 is 0 Å². The minimum atomic E-state index is -2.69. The Morgan fingerprint density at radius 3 is 2.15 bits per heavy atom. The van der Waals surface area contributed by atoms with Gasteiger partial charge in [0.05, 0.1) is 25.4 Å². The van der Waals surface area contributed by atoms with E-state index in [1.807, 2.05) is 88.4 Å². The van der Waals surface area contributed by atoms with Crippen molar-refractivity contribution in [3.8, 4) is 0 Å². The van der Waals surface area contributed by atoms with E-state index in [4.69, 9.17) is 14.2 Å². The van der Waals surface area contributed by atoms with Crippen LogP contribution < -0.4 is 21.6 Å². The lowest BCUT2D eigenvalue weighted by atomic mass is 10.1. The number of rotatable bonds is 10. The van der Waals surface area contributed by atoms with E-state index in [1.54, 1.807) is 0 Å². The van der Waals surface area contributed by atoms with Gasteiger partial charge in [0.15, 0.2) is 14.1 Å². The second-order valence-corrected chi connectivity index (χ2v) is 13.8. The third-order valence-corrected chi connectivity index (χ3v) is 10.6. The number of benzene rings is 2. The van der Waals surface area contributed by atoms with Crippen LogP contribution in [0.15, 0.2) is 76.4 Å². The Labute approximate surface area is 229 Å². The van der Waals surface area contributed by atoms with Gasteiger partial charge >= 0.3 is 5.69 Å². The molecule has 0 unspecified atom stereocenters. The van der Waals surface area contributed by atoms with Crippen molar-refractivity contribution in [1.29, 1.82) is 0 Å². The first kappa shape index (κ1) is 29.1. The minimum absolute atomic E-state index is 0.0504. The van der Waals surface area contributed by atoms with Crippen LogP contribution in [-0.4, -0.2) is 72.3 Å². The van der Waals surface area contributed by atoms with Crippen molar-refractivity contribution in [3.05, 3.63) is 93.3 Å². The quantitative estimate of drug-likeness (QED) is 0.308. The molecule has 3 aromatic rings. The zero-order valence-corrected chi connectivity index (χ0v) is 24.0. The number of H-pyrrole nitrogens is 1. The molecule has 2 aromatic carbocycles. The number of aromatic amines is 1. The molecule has 4 rings (SSSR count). The smallest absolute Gasteiger partial charge is 0.330 e. The summed E-state index contributed by atoms with van der Waals surface area (Å²) in [6.07, 6.45) is -1.18. The third-order valence-electron chi connectivity index (χ3n) is 6.96. The van der Waals surface area contributed by atoms with Crippen LogP contribution in [0, 0.1) is 0 Å². The Morgan fingerprint density at radius 2 is 1.64 bits per heavy atom. The molecule has 0 saturated carbocycles. The lowest BCUT2D eigenvalue weighted by molar-refractivity contribution is -0.128. The van der Waals surface area contributed by atoms with Crippen LogP contribution in [-0.2, 0) is 26.0 Å². The molecule has 0 aliphatic carbocycles. The molecule has 0 amide bonds. The lowest BCUT2D eigenvalue weighted by Gasteiger charge is -2.42. The zero-order valence-electron chi connectivity index (χ0n) is 22.9. The Balaban J connectivity index is 2.05. The number of hydrogen-bond acceptors (Lipinski definition) is 7. The Bertz CT molecular complexity index is 1300. The van der Waals surface area contributed by atoms with Crippen LogP contribution >= 0.6 is 0 Å². The highest BCUT2D eigenvalue weighted by Crippen LogP contribution is 2.40. The molecule has 1 saturated heterocycles. The van der Waals surface area contributed by atoms with Crippen molar-refractivity contribution in [2.24, 2.45) is 0 Å². The van der Waals surface area contributed by atoms with Crippen molar-refractivity contribution in [2.75, 3.05) is 19.8 Å². The molecule has 0 spiro atoms. The Hall–Kier alpha value is -2.86. The average Bonchev–Trinajstić information content (AvgIpc) is 3.18. The standard InChI is InChI=1S/C29H38N2O7Si/c1-5-20-18-31(27(35)30-26(20)34)29(39(21-12-8-6-9-13-21)22-14-10-7-11-15-22)25(36-17-16-32)24(33)23(38-29)19-37-28(2,3)4/h6-15,18,23-25,32-33,39H,5,16-17,19H2,1-4H3,(H,30,34,35)/t23-,24-,25-,29+/m1/s1. The molecule has 10 heteroatoms. The summed E-state index contributed by atoms with van der Waals surface area (Å²) in [4.78, 5) is 28.7. The second-order valence-electron chi connectivity index (χ2n) is 10.7. The van der Waals surface area contributed by atoms with Gasteiger partial charge in [-0.05, 0) is 27.2 Å². The molecule has 1 aromatic heterocycles. The van der Waals surface area contributed by atoms with E-state index in [1.165, 1.54) is 10.8 Å². The first-order valence-corrected chi connectivity index (χ1v) is 15.0. The molecule has 2 heterocycles. The zero-order chi connectivity index (χ0) is 28.2. The van der Waals surface area contributed by atoms with Gasteiger partial charge in [-0.15, -0.1) is 0 Å². The molecule has 0 radical (unpaired) electrons. The van der Waals surface area contributed by atoms with Gasteiger partial charge in [0.2, 0.25) is 0 Å². The first-order valence-electron chi connectivity index (χ1n) is 13.3. The van der Waals surface area contributed by atoms with Gasteiger partial charge < -0.3 is 24.4 Å². The van der Waals surface area contributed by atoms with Gasteiger partial charge in [0.25, 0.3) is 5.56 Å². The third kappa shape index (κ3) is 6.01. The van der Waals surface area contributed by atoms with Crippen molar-refractivity contribution < 1.29 is 24.4 Å². The van der Waals surface area contributed by atoms with Crippen molar-refractivity contribution in [1.82, 2.24) is 9.55 Å². The maximum atomic E-state index is 13.6. The summed E-state index contributed by atoms with van der Waals surface area (Å²) in [5, 5.41) is 21.8. The number of nitrogens with zero attached hydrogens (tertiary/aromatic N) is 1. The summed E-state index contributed by atoms with van der Waals surface area (Å²) in [6.45, 7) is 7.25. The van der Waals surface area contributed by atoms with Gasteiger partial charge in [-0.2, -0.15) is 0 Å². The van der Waals surface area contributed by atoms with Crippen LogP contribution in [0.3, 0.4) is 0 Å². The van der Waals surface area contributed by atoms with E-state index in [9.17, 15) is 19.8 Å². The molecule has 1 fully saturated rings. The first-order chi connectivity index (χ1) is 18.6. The molecule has 0 bridgehead atoms. The number of nitrogens with one attached hydrogen (secondary N) is 1. The second kappa shape index (κ2) is 12.1. The van der Waals surface area contributed by atoms with E-state index in [2.05, 4.69) is 4.98 Å². The average molecular weight is 555 g/mol. The Kier molecular flexibility index (Phi) is 9.05.